The average Bonchev–Trinajstić information content (AvgIpc) is 3.45. The van der Waals surface area contributed by atoms with Crippen LogP contribution >= 0.6 is 0 Å². The zero-order valence-electron chi connectivity index (χ0n) is 20.0. The Bertz CT molecular complexity index is 1320. The molecule has 1 saturated heterocycles. The number of nitrogens with zero attached hydrogens (tertiary/aromatic N) is 6. The molecule has 0 amide bonds. The summed E-state index contributed by atoms with van der Waals surface area (Å²) in [6, 6.07) is 12.0. The molecule has 4 aromatic rings. The van der Waals surface area contributed by atoms with Crippen LogP contribution in [0, 0.1) is 5.82 Å². The quantitative estimate of drug-likeness (QED) is 0.338. The van der Waals surface area contributed by atoms with E-state index in [4.69, 9.17) is 9.51 Å². The van der Waals surface area contributed by atoms with Gasteiger partial charge >= 0.3 is 0 Å². The predicted molar refractivity (Wildman–Crippen MR) is 135 cm³/mol. The first-order valence-electron chi connectivity index (χ1n) is 12.2. The van der Waals surface area contributed by atoms with Crippen molar-refractivity contribution in [2.75, 3.05) is 48.8 Å². The smallest absolute Gasteiger partial charge is 0.227 e. The van der Waals surface area contributed by atoms with Gasteiger partial charge in [-0.25, -0.2) is 4.39 Å². The van der Waals surface area contributed by atoms with Gasteiger partial charge in [-0.05, 0) is 44.2 Å². The SMILES string of the molecule is CN1CCN(c2cc(Nc3cc(C4CC4)[nH]n3)nc(NCc3cc(-c4ccc(F)cc4)no3)n2)CC1. The van der Waals surface area contributed by atoms with Gasteiger partial charge in [-0.15, -0.1) is 0 Å². The largest absolute Gasteiger partial charge is 0.359 e. The van der Waals surface area contributed by atoms with Crippen LogP contribution in [0.5, 0.6) is 0 Å². The highest BCUT2D eigenvalue weighted by atomic mass is 19.1. The van der Waals surface area contributed by atoms with E-state index in [0.29, 0.717) is 35.7 Å². The van der Waals surface area contributed by atoms with Gasteiger partial charge in [0.05, 0.1) is 6.54 Å². The Labute approximate surface area is 207 Å². The molecule has 1 aliphatic carbocycles. The number of aromatic nitrogens is 5. The number of aromatic amines is 1. The van der Waals surface area contributed by atoms with Gasteiger partial charge in [-0.1, -0.05) is 5.16 Å². The number of nitrogens with one attached hydrogen (secondary N) is 3. The van der Waals surface area contributed by atoms with E-state index in [1.165, 1.54) is 25.0 Å². The highest BCUT2D eigenvalue weighted by Crippen LogP contribution is 2.39. The van der Waals surface area contributed by atoms with Crippen molar-refractivity contribution < 1.29 is 8.91 Å². The maximum Gasteiger partial charge on any atom is 0.227 e. The minimum Gasteiger partial charge on any atom is -0.359 e. The number of rotatable bonds is 8. The standard InChI is InChI=1S/C25H28FN9O/c1-34-8-10-35(11-9-34)24-14-22(28-23-13-20(31-32-23)16-2-3-16)29-25(30-24)27-15-19-12-21(33-36-19)17-4-6-18(26)7-5-17/h4-7,12-14,16H,2-3,8-11,15H2,1H3,(H3,27,28,29,30,31,32). The second-order valence-electron chi connectivity index (χ2n) is 9.37. The number of anilines is 4. The minimum absolute atomic E-state index is 0.287. The Kier molecular flexibility index (Phi) is 5.98. The van der Waals surface area contributed by atoms with Crippen LogP contribution in [-0.4, -0.2) is 63.4 Å². The van der Waals surface area contributed by atoms with E-state index in [-0.39, 0.29) is 5.82 Å². The molecular weight excluding hydrogens is 461 g/mol. The molecule has 0 spiro atoms. The van der Waals surface area contributed by atoms with E-state index in [2.05, 4.69) is 47.8 Å². The van der Waals surface area contributed by atoms with Gasteiger partial charge < -0.3 is 25.0 Å². The Morgan fingerprint density at radius 1 is 1.03 bits per heavy atom. The molecular formula is C25H28FN9O. The number of hydrogen-bond acceptors (Lipinski definition) is 9. The third-order valence-corrected chi connectivity index (χ3v) is 6.53. The third kappa shape index (κ3) is 5.15. The van der Waals surface area contributed by atoms with Crippen LogP contribution in [-0.2, 0) is 6.54 Å². The molecule has 6 rings (SSSR count). The van der Waals surface area contributed by atoms with Gasteiger partial charge in [0.2, 0.25) is 5.95 Å². The van der Waals surface area contributed by atoms with Gasteiger partial charge in [0.25, 0.3) is 0 Å². The topological polar surface area (TPSA) is 111 Å². The Hall–Kier alpha value is -3.99. The molecule has 36 heavy (non-hydrogen) atoms. The number of benzene rings is 1. The molecule has 1 aliphatic heterocycles. The molecule has 0 unspecified atom stereocenters. The first-order chi connectivity index (χ1) is 17.6. The lowest BCUT2D eigenvalue weighted by Gasteiger charge is -2.33. The molecule has 1 aromatic carbocycles. The van der Waals surface area contributed by atoms with Gasteiger partial charge in [-0.3, -0.25) is 5.10 Å². The summed E-state index contributed by atoms with van der Waals surface area (Å²) >= 11 is 0. The average molecular weight is 490 g/mol. The van der Waals surface area contributed by atoms with Gasteiger partial charge in [0.15, 0.2) is 11.6 Å². The predicted octanol–water partition coefficient (Wildman–Crippen LogP) is 3.98. The normalized spacial score (nSPS) is 16.3. The molecule has 11 heteroatoms. The van der Waals surface area contributed by atoms with Crippen molar-refractivity contribution >= 4 is 23.4 Å². The minimum atomic E-state index is -0.287. The highest BCUT2D eigenvalue weighted by molar-refractivity contribution is 5.61. The summed E-state index contributed by atoms with van der Waals surface area (Å²) in [6.45, 7) is 4.09. The van der Waals surface area contributed by atoms with E-state index in [0.717, 1.165) is 49.1 Å². The van der Waals surface area contributed by atoms with Crippen LogP contribution in [0.25, 0.3) is 11.3 Å². The van der Waals surface area contributed by atoms with Crippen molar-refractivity contribution in [1.29, 1.82) is 0 Å². The first kappa shape index (κ1) is 22.5. The van der Waals surface area contributed by atoms with Crippen molar-refractivity contribution in [2.45, 2.75) is 25.3 Å². The van der Waals surface area contributed by atoms with Crippen molar-refractivity contribution in [3.05, 3.63) is 59.7 Å². The van der Waals surface area contributed by atoms with Crippen LogP contribution < -0.4 is 15.5 Å². The summed E-state index contributed by atoms with van der Waals surface area (Å²) in [5, 5.41) is 18.2. The number of likely N-dealkylation sites (N-methyl/N-ethyl adjacent to an activating group) is 1. The molecule has 2 fully saturated rings. The maximum atomic E-state index is 13.2. The summed E-state index contributed by atoms with van der Waals surface area (Å²) in [4.78, 5) is 14.0. The van der Waals surface area contributed by atoms with E-state index >= 15 is 0 Å². The Balaban J connectivity index is 1.20. The monoisotopic (exact) mass is 489 g/mol. The molecule has 10 nitrogen and oxygen atoms in total. The van der Waals surface area contributed by atoms with Gasteiger partial charge in [0, 0.05) is 61.6 Å². The number of hydrogen-bond donors (Lipinski definition) is 3. The molecule has 186 valence electrons. The Morgan fingerprint density at radius 3 is 2.61 bits per heavy atom. The number of piperazine rings is 1. The van der Waals surface area contributed by atoms with E-state index < -0.39 is 0 Å². The van der Waals surface area contributed by atoms with Crippen LogP contribution in [0.3, 0.4) is 0 Å². The summed E-state index contributed by atoms with van der Waals surface area (Å²) < 4.78 is 18.7. The zero-order valence-corrected chi connectivity index (χ0v) is 20.0. The molecule has 0 radical (unpaired) electrons. The maximum absolute atomic E-state index is 13.2. The molecule has 2 aliphatic rings. The second-order valence-corrected chi connectivity index (χ2v) is 9.37. The summed E-state index contributed by atoms with van der Waals surface area (Å²) in [7, 11) is 2.13. The van der Waals surface area contributed by atoms with Gasteiger partial charge in [-0.2, -0.15) is 15.1 Å². The molecule has 3 N–H and O–H groups in total. The zero-order chi connectivity index (χ0) is 24.5. The Morgan fingerprint density at radius 2 is 1.83 bits per heavy atom. The molecule has 1 saturated carbocycles. The third-order valence-electron chi connectivity index (χ3n) is 6.53. The molecule has 0 atom stereocenters. The molecule has 4 heterocycles. The fourth-order valence-corrected chi connectivity index (χ4v) is 4.23. The van der Waals surface area contributed by atoms with Crippen molar-refractivity contribution in [1.82, 2.24) is 30.2 Å². The number of halogens is 1. The van der Waals surface area contributed by atoms with Crippen LogP contribution in [0.15, 0.2) is 47.0 Å². The van der Waals surface area contributed by atoms with Crippen molar-refractivity contribution in [3.63, 3.8) is 0 Å². The number of H-pyrrole nitrogens is 1. The molecule has 3 aromatic heterocycles. The van der Waals surface area contributed by atoms with E-state index in [1.54, 1.807) is 12.1 Å². The summed E-state index contributed by atoms with van der Waals surface area (Å²) in [6.07, 6.45) is 2.42. The lowest BCUT2D eigenvalue weighted by molar-refractivity contribution is 0.312. The highest BCUT2D eigenvalue weighted by Gasteiger charge is 2.25. The van der Waals surface area contributed by atoms with Crippen LogP contribution in [0.2, 0.25) is 0 Å². The lowest BCUT2D eigenvalue weighted by Crippen LogP contribution is -2.44. The van der Waals surface area contributed by atoms with E-state index in [1.807, 2.05) is 18.2 Å². The fraction of sp³-hybridized carbons (Fsp3) is 0.360. The summed E-state index contributed by atoms with van der Waals surface area (Å²) in [5.74, 6) is 3.67. The first-order valence-corrected chi connectivity index (χ1v) is 12.2. The van der Waals surface area contributed by atoms with E-state index in [9.17, 15) is 4.39 Å². The van der Waals surface area contributed by atoms with Crippen molar-refractivity contribution in [3.8, 4) is 11.3 Å². The lowest BCUT2D eigenvalue weighted by atomic mass is 10.1. The van der Waals surface area contributed by atoms with Crippen LogP contribution in [0.4, 0.5) is 27.8 Å². The summed E-state index contributed by atoms with van der Waals surface area (Å²) in [5.41, 5.74) is 2.59. The van der Waals surface area contributed by atoms with Crippen LogP contribution in [0.1, 0.15) is 30.2 Å². The fourth-order valence-electron chi connectivity index (χ4n) is 4.23. The van der Waals surface area contributed by atoms with Gasteiger partial charge in [0.1, 0.15) is 23.1 Å². The van der Waals surface area contributed by atoms with Crippen molar-refractivity contribution in [2.24, 2.45) is 0 Å². The molecule has 0 bridgehead atoms. The second kappa shape index (κ2) is 9.57.